The van der Waals surface area contributed by atoms with Gasteiger partial charge in [0.05, 0.1) is 0 Å². The Bertz CT molecular complexity index is 562. The summed E-state index contributed by atoms with van der Waals surface area (Å²) < 4.78 is 40.6. The van der Waals surface area contributed by atoms with Crippen LogP contribution in [0.4, 0.5) is 13.2 Å². The molecule has 3 rings (SSSR count). The Morgan fingerprint density at radius 2 is 2.05 bits per heavy atom. The first-order valence-electron chi connectivity index (χ1n) is 7.28. The number of hydrogen-bond acceptors (Lipinski definition) is 3. The molecule has 7 heteroatoms. The highest BCUT2D eigenvalue weighted by atomic mass is 19.4. The largest absolute Gasteiger partial charge is 0.573 e. The first-order chi connectivity index (χ1) is 10.4. The molecule has 0 bridgehead atoms. The number of nitrogens with one attached hydrogen (secondary N) is 1. The lowest BCUT2D eigenvalue weighted by atomic mass is 9.88. The minimum Gasteiger partial charge on any atom is -0.406 e. The first-order valence-corrected chi connectivity index (χ1v) is 7.28. The highest BCUT2D eigenvalue weighted by molar-refractivity contribution is 5.94. The van der Waals surface area contributed by atoms with E-state index in [0.717, 1.165) is 25.6 Å². The molecule has 0 aromatic heterocycles. The number of likely N-dealkylation sites (tertiary alicyclic amines) is 1. The zero-order valence-electron chi connectivity index (χ0n) is 11.9. The Kier molecular flexibility index (Phi) is 3.99. The molecular weight excluding hydrogens is 297 g/mol. The van der Waals surface area contributed by atoms with Crippen molar-refractivity contribution in [3.8, 4) is 5.75 Å². The molecule has 1 amide bonds. The molecule has 0 saturated carbocycles. The molecule has 2 atom stereocenters. The number of amides is 1. The SMILES string of the molecule is O=C(c1cccc(OC(F)(F)F)c1)N1CCC2CNCC2C1. The van der Waals surface area contributed by atoms with Gasteiger partial charge in [-0.25, -0.2) is 0 Å². The van der Waals surface area contributed by atoms with Gasteiger partial charge in [0, 0.05) is 18.7 Å². The number of carbonyl (C=O) groups is 1. The van der Waals surface area contributed by atoms with Crippen LogP contribution in [0, 0.1) is 11.8 Å². The van der Waals surface area contributed by atoms with Gasteiger partial charge in [0.1, 0.15) is 5.75 Å². The van der Waals surface area contributed by atoms with Crippen LogP contribution < -0.4 is 10.1 Å². The number of ether oxygens (including phenoxy) is 1. The molecule has 1 aromatic carbocycles. The molecule has 0 spiro atoms. The molecule has 2 saturated heterocycles. The summed E-state index contributed by atoms with van der Waals surface area (Å²) in [5.74, 6) is 0.435. The summed E-state index contributed by atoms with van der Waals surface area (Å²) in [6, 6.07) is 5.26. The van der Waals surface area contributed by atoms with Crippen LogP contribution in [-0.4, -0.2) is 43.3 Å². The number of piperidine rings is 1. The molecule has 2 aliphatic heterocycles. The lowest BCUT2D eigenvalue weighted by Crippen LogP contribution is -2.43. The van der Waals surface area contributed by atoms with E-state index in [-0.39, 0.29) is 17.2 Å². The van der Waals surface area contributed by atoms with Crippen LogP contribution in [0.3, 0.4) is 0 Å². The van der Waals surface area contributed by atoms with E-state index >= 15 is 0 Å². The number of rotatable bonds is 2. The molecule has 4 nitrogen and oxygen atoms in total. The fourth-order valence-corrected chi connectivity index (χ4v) is 3.23. The summed E-state index contributed by atoms with van der Waals surface area (Å²) >= 11 is 0. The van der Waals surface area contributed by atoms with E-state index in [1.54, 1.807) is 4.90 Å². The van der Waals surface area contributed by atoms with Gasteiger partial charge in [-0.2, -0.15) is 0 Å². The molecule has 2 heterocycles. The second-order valence-electron chi connectivity index (χ2n) is 5.79. The van der Waals surface area contributed by atoms with Crippen molar-refractivity contribution in [2.45, 2.75) is 12.8 Å². The predicted octanol–water partition coefficient (Wildman–Crippen LogP) is 2.27. The van der Waals surface area contributed by atoms with Crippen molar-refractivity contribution in [1.82, 2.24) is 10.2 Å². The topological polar surface area (TPSA) is 41.6 Å². The fraction of sp³-hybridized carbons (Fsp3) is 0.533. The van der Waals surface area contributed by atoms with Gasteiger partial charge in [-0.15, -0.1) is 13.2 Å². The third-order valence-corrected chi connectivity index (χ3v) is 4.31. The molecule has 22 heavy (non-hydrogen) atoms. The number of fused-ring (bicyclic) bond motifs is 1. The zero-order chi connectivity index (χ0) is 15.7. The van der Waals surface area contributed by atoms with Gasteiger partial charge in [-0.3, -0.25) is 4.79 Å². The lowest BCUT2D eigenvalue weighted by Gasteiger charge is -2.34. The molecule has 2 unspecified atom stereocenters. The van der Waals surface area contributed by atoms with Crippen LogP contribution in [0.1, 0.15) is 16.8 Å². The number of hydrogen-bond donors (Lipinski definition) is 1. The monoisotopic (exact) mass is 314 g/mol. The third-order valence-electron chi connectivity index (χ3n) is 4.31. The van der Waals surface area contributed by atoms with E-state index in [1.807, 2.05) is 0 Å². The Morgan fingerprint density at radius 3 is 2.82 bits per heavy atom. The second-order valence-corrected chi connectivity index (χ2v) is 5.79. The first kappa shape index (κ1) is 15.1. The Labute approximate surface area is 126 Å². The lowest BCUT2D eigenvalue weighted by molar-refractivity contribution is -0.274. The van der Waals surface area contributed by atoms with Crippen molar-refractivity contribution in [2.24, 2.45) is 11.8 Å². The number of benzene rings is 1. The maximum atomic E-state index is 12.5. The zero-order valence-corrected chi connectivity index (χ0v) is 11.9. The van der Waals surface area contributed by atoms with Gasteiger partial charge < -0.3 is 15.0 Å². The smallest absolute Gasteiger partial charge is 0.406 e. The molecule has 0 radical (unpaired) electrons. The summed E-state index contributed by atoms with van der Waals surface area (Å²) in [6.07, 6.45) is -3.82. The predicted molar refractivity (Wildman–Crippen MR) is 73.5 cm³/mol. The Morgan fingerprint density at radius 1 is 1.27 bits per heavy atom. The van der Waals surface area contributed by atoms with Gasteiger partial charge in [0.25, 0.3) is 5.91 Å². The highest BCUT2D eigenvalue weighted by Crippen LogP contribution is 2.28. The van der Waals surface area contributed by atoms with Crippen LogP contribution >= 0.6 is 0 Å². The number of carbonyl (C=O) groups excluding carboxylic acids is 1. The van der Waals surface area contributed by atoms with Crippen molar-refractivity contribution in [3.05, 3.63) is 29.8 Å². The van der Waals surface area contributed by atoms with Crippen LogP contribution in [0.5, 0.6) is 5.75 Å². The second kappa shape index (κ2) is 5.79. The minimum absolute atomic E-state index is 0.228. The van der Waals surface area contributed by atoms with Crippen molar-refractivity contribution in [2.75, 3.05) is 26.2 Å². The average Bonchev–Trinajstić information content (AvgIpc) is 2.92. The molecule has 1 aromatic rings. The van der Waals surface area contributed by atoms with Gasteiger partial charge in [0.15, 0.2) is 0 Å². The normalized spacial score (nSPS) is 25.0. The van der Waals surface area contributed by atoms with Gasteiger partial charge in [-0.05, 0) is 49.5 Å². The molecular formula is C15H17F3N2O2. The summed E-state index contributed by atoms with van der Waals surface area (Å²) in [7, 11) is 0. The van der Waals surface area contributed by atoms with E-state index in [4.69, 9.17) is 0 Å². The van der Waals surface area contributed by atoms with Crippen molar-refractivity contribution >= 4 is 5.91 Å². The van der Waals surface area contributed by atoms with Gasteiger partial charge >= 0.3 is 6.36 Å². The Hall–Kier alpha value is -1.76. The van der Waals surface area contributed by atoms with Crippen molar-refractivity contribution < 1.29 is 22.7 Å². The van der Waals surface area contributed by atoms with Crippen LogP contribution in [0.15, 0.2) is 24.3 Å². The van der Waals surface area contributed by atoms with E-state index < -0.39 is 6.36 Å². The molecule has 2 fully saturated rings. The standard InChI is InChI=1S/C15H17F3N2O2/c16-15(17,18)22-13-3-1-2-10(6-13)14(21)20-5-4-11-7-19-8-12(11)9-20/h1-3,6,11-12,19H,4-5,7-9H2. The van der Waals surface area contributed by atoms with Crippen molar-refractivity contribution in [1.29, 1.82) is 0 Å². The summed E-state index contributed by atoms with van der Waals surface area (Å²) in [4.78, 5) is 14.2. The van der Waals surface area contributed by atoms with E-state index in [9.17, 15) is 18.0 Å². The number of alkyl halides is 3. The molecule has 1 N–H and O–H groups in total. The van der Waals surface area contributed by atoms with E-state index in [1.165, 1.54) is 18.2 Å². The third kappa shape index (κ3) is 3.35. The van der Waals surface area contributed by atoms with Crippen LogP contribution in [-0.2, 0) is 0 Å². The fourth-order valence-electron chi connectivity index (χ4n) is 3.23. The highest BCUT2D eigenvalue weighted by Gasteiger charge is 2.35. The summed E-state index contributed by atoms with van der Waals surface area (Å²) in [5.41, 5.74) is 0.228. The maximum Gasteiger partial charge on any atom is 0.573 e. The number of halogens is 3. The maximum absolute atomic E-state index is 12.5. The Balaban J connectivity index is 1.70. The quantitative estimate of drug-likeness (QED) is 0.910. The van der Waals surface area contributed by atoms with E-state index in [2.05, 4.69) is 10.1 Å². The van der Waals surface area contributed by atoms with Gasteiger partial charge in [0.2, 0.25) is 0 Å². The van der Waals surface area contributed by atoms with Crippen molar-refractivity contribution in [3.63, 3.8) is 0 Å². The number of nitrogens with zero attached hydrogens (tertiary/aromatic N) is 1. The molecule has 120 valence electrons. The minimum atomic E-state index is -4.75. The molecule has 2 aliphatic rings. The van der Waals surface area contributed by atoms with Crippen LogP contribution in [0.25, 0.3) is 0 Å². The van der Waals surface area contributed by atoms with Gasteiger partial charge in [-0.1, -0.05) is 6.07 Å². The summed E-state index contributed by atoms with van der Waals surface area (Å²) in [5, 5.41) is 3.32. The average molecular weight is 314 g/mol. The molecule has 0 aliphatic carbocycles. The van der Waals surface area contributed by atoms with Crippen LogP contribution in [0.2, 0.25) is 0 Å². The summed E-state index contributed by atoms with van der Waals surface area (Å²) in [6.45, 7) is 3.18. The van der Waals surface area contributed by atoms with E-state index in [0.29, 0.717) is 24.9 Å².